The molecule has 0 amide bonds. The largest absolute Gasteiger partial charge is 0.398 e. The Morgan fingerprint density at radius 3 is 2.76 bits per heavy atom. The molecule has 0 aliphatic rings. The Kier molecular flexibility index (Phi) is 5.16. The van der Waals surface area contributed by atoms with E-state index >= 15 is 0 Å². The number of ketones is 1. The maximum Gasteiger partial charge on any atom is 0.164 e. The molecule has 0 aliphatic carbocycles. The van der Waals surface area contributed by atoms with Gasteiger partial charge < -0.3 is 11.1 Å². The molecule has 3 heteroatoms. The van der Waals surface area contributed by atoms with Crippen LogP contribution in [0.2, 0.25) is 0 Å². The first-order valence-corrected chi connectivity index (χ1v) is 6.17. The van der Waals surface area contributed by atoms with Gasteiger partial charge in [-0.2, -0.15) is 0 Å². The summed E-state index contributed by atoms with van der Waals surface area (Å²) in [5.74, 6) is 0.146. The minimum absolute atomic E-state index is 0.146. The number of hydrogen-bond donors (Lipinski definition) is 2. The van der Waals surface area contributed by atoms with Gasteiger partial charge in [0.05, 0.1) is 0 Å². The molecule has 1 aromatic rings. The second-order valence-corrected chi connectivity index (χ2v) is 4.51. The van der Waals surface area contributed by atoms with Crippen LogP contribution in [-0.4, -0.2) is 18.4 Å². The topological polar surface area (TPSA) is 55.1 Å². The van der Waals surface area contributed by atoms with Crippen molar-refractivity contribution in [1.29, 1.82) is 0 Å². The Labute approximate surface area is 103 Å². The highest BCUT2D eigenvalue weighted by Gasteiger charge is 2.07. The molecule has 0 fully saturated rings. The Hall–Kier alpha value is -1.35. The van der Waals surface area contributed by atoms with E-state index in [1.807, 2.05) is 19.1 Å². The molecule has 0 saturated carbocycles. The quantitative estimate of drug-likeness (QED) is 0.587. The third kappa shape index (κ3) is 4.19. The molecule has 0 saturated heterocycles. The van der Waals surface area contributed by atoms with Gasteiger partial charge in [0.15, 0.2) is 5.78 Å². The SMILES string of the molecule is CCC(C)NCCC(=O)c1ccc(C)c(N)c1. The summed E-state index contributed by atoms with van der Waals surface area (Å²) in [5, 5.41) is 3.31. The van der Waals surface area contributed by atoms with Gasteiger partial charge in [0.2, 0.25) is 0 Å². The summed E-state index contributed by atoms with van der Waals surface area (Å²) in [4.78, 5) is 11.9. The van der Waals surface area contributed by atoms with Crippen LogP contribution in [0.25, 0.3) is 0 Å². The van der Waals surface area contributed by atoms with Crippen LogP contribution in [0.5, 0.6) is 0 Å². The van der Waals surface area contributed by atoms with Crippen LogP contribution < -0.4 is 11.1 Å². The van der Waals surface area contributed by atoms with Crippen molar-refractivity contribution in [2.24, 2.45) is 0 Å². The zero-order chi connectivity index (χ0) is 12.8. The summed E-state index contributed by atoms with van der Waals surface area (Å²) >= 11 is 0. The Balaban J connectivity index is 2.50. The van der Waals surface area contributed by atoms with Crippen molar-refractivity contribution in [3.8, 4) is 0 Å². The van der Waals surface area contributed by atoms with E-state index in [1.54, 1.807) is 6.07 Å². The summed E-state index contributed by atoms with van der Waals surface area (Å²) in [6.45, 7) is 6.91. The zero-order valence-electron chi connectivity index (χ0n) is 10.9. The van der Waals surface area contributed by atoms with Crippen molar-refractivity contribution >= 4 is 11.5 Å². The number of nitrogen functional groups attached to an aromatic ring is 1. The molecule has 17 heavy (non-hydrogen) atoms. The highest BCUT2D eigenvalue weighted by Crippen LogP contribution is 2.14. The maximum atomic E-state index is 11.9. The van der Waals surface area contributed by atoms with Crippen LogP contribution in [0.4, 0.5) is 5.69 Å². The van der Waals surface area contributed by atoms with Gasteiger partial charge in [-0.25, -0.2) is 0 Å². The monoisotopic (exact) mass is 234 g/mol. The summed E-state index contributed by atoms with van der Waals surface area (Å²) in [6, 6.07) is 5.97. The predicted molar refractivity (Wildman–Crippen MR) is 72.3 cm³/mol. The van der Waals surface area contributed by atoms with Gasteiger partial charge in [0, 0.05) is 30.3 Å². The smallest absolute Gasteiger partial charge is 0.164 e. The third-order valence-electron chi connectivity index (χ3n) is 3.06. The van der Waals surface area contributed by atoms with Crippen molar-refractivity contribution < 1.29 is 4.79 Å². The van der Waals surface area contributed by atoms with E-state index in [-0.39, 0.29) is 5.78 Å². The summed E-state index contributed by atoms with van der Waals surface area (Å²) < 4.78 is 0. The lowest BCUT2D eigenvalue weighted by atomic mass is 10.0. The van der Waals surface area contributed by atoms with E-state index < -0.39 is 0 Å². The molecule has 0 spiro atoms. The number of nitrogens with two attached hydrogens (primary N) is 1. The molecule has 1 aromatic carbocycles. The Morgan fingerprint density at radius 1 is 1.47 bits per heavy atom. The van der Waals surface area contributed by atoms with Crippen molar-refractivity contribution in [1.82, 2.24) is 5.32 Å². The van der Waals surface area contributed by atoms with Gasteiger partial charge >= 0.3 is 0 Å². The standard InChI is InChI=1S/C14H22N2O/c1-4-11(3)16-8-7-14(17)12-6-5-10(2)13(15)9-12/h5-6,9,11,16H,4,7-8,15H2,1-3H3. The second-order valence-electron chi connectivity index (χ2n) is 4.51. The van der Waals surface area contributed by atoms with E-state index in [2.05, 4.69) is 19.2 Å². The van der Waals surface area contributed by atoms with Gasteiger partial charge in [0.25, 0.3) is 0 Å². The molecule has 1 atom stereocenters. The van der Waals surface area contributed by atoms with E-state index in [1.165, 1.54) is 0 Å². The van der Waals surface area contributed by atoms with Crippen LogP contribution in [0.3, 0.4) is 0 Å². The zero-order valence-corrected chi connectivity index (χ0v) is 10.9. The number of carbonyl (C=O) groups excluding carboxylic acids is 1. The molecule has 1 unspecified atom stereocenters. The van der Waals surface area contributed by atoms with Crippen LogP contribution in [0.1, 0.15) is 42.6 Å². The highest BCUT2D eigenvalue weighted by atomic mass is 16.1. The Morgan fingerprint density at radius 2 is 2.18 bits per heavy atom. The number of nitrogens with one attached hydrogen (secondary N) is 1. The molecule has 0 aromatic heterocycles. The number of hydrogen-bond acceptors (Lipinski definition) is 3. The average molecular weight is 234 g/mol. The lowest BCUT2D eigenvalue weighted by molar-refractivity contribution is 0.0982. The van der Waals surface area contributed by atoms with Crippen molar-refractivity contribution in [3.05, 3.63) is 29.3 Å². The normalized spacial score (nSPS) is 12.4. The number of anilines is 1. The average Bonchev–Trinajstić information content (AvgIpc) is 2.32. The molecule has 1 rings (SSSR count). The number of carbonyl (C=O) groups is 1. The van der Waals surface area contributed by atoms with Gasteiger partial charge in [-0.1, -0.05) is 19.1 Å². The molecule has 3 nitrogen and oxygen atoms in total. The van der Waals surface area contributed by atoms with E-state index in [4.69, 9.17) is 5.73 Å². The van der Waals surface area contributed by atoms with Crippen LogP contribution in [0, 0.1) is 6.92 Å². The number of Topliss-reactive ketones (excluding diaryl/α,β-unsaturated/α-hetero) is 1. The van der Waals surface area contributed by atoms with Gasteiger partial charge in [0.1, 0.15) is 0 Å². The summed E-state index contributed by atoms with van der Waals surface area (Å²) in [6.07, 6.45) is 1.60. The van der Waals surface area contributed by atoms with Crippen LogP contribution in [0.15, 0.2) is 18.2 Å². The van der Waals surface area contributed by atoms with Crippen molar-refractivity contribution in [2.75, 3.05) is 12.3 Å². The van der Waals surface area contributed by atoms with Crippen LogP contribution in [-0.2, 0) is 0 Å². The molecule has 94 valence electrons. The lowest BCUT2D eigenvalue weighted by Gasteiger charge is -2.10. The van der Waals surface area contributed by atoms with E-state index in [0.29, 0.717) is 23.7 Å². The molecular weight excluding hydrogens is 212 g/mol. The molecule has 0 aliphatic heterocycles. The summed E-state index contributed by atoms with van der Waals surface area (Å²) in [5.41, 5.74) is 8.20. The van der Waals surface area contributed by atoms with E-state index in [9.17, 15) is 4.79 Å². The molecule has 0 bridgehead atoms. The minimum Gasteiger partial charge on any atom is -0.398 e. The first-order chi connectivity index (χ1) is 8.04. The van der Waals surface area contributed by atoms with Gasteiger partial charge in [-0.3, -0.25) is 4.79 Å². The Bertz CT molecular complexity index is 388. The fourth-order valence-corrected chi connectivity index (χ4v) is 1.53. The highest BCUT2D eigenvalue weighted by molar-refractivity contribution is 5.97. The maximum absolute atomic E-state index is 11.9. The fraction of sp³-hybridized carbons (Fsp3) is 0.500. The van der Waals surface area contributed by atoms with Crippen molar-refractivity contribution in [3.63, 3.8) is 0 Å². The molecule has 3 N–H and O–H groups in total. The first-order valence-electron chi connectivity index (χ1n) is 6.17. The summed E-state index contributed by atoms with van der Waals surface area (Å²) in [7, 11) is 0. The number of rotatable bonds is 6. The third-order valence-corrected chi connectivity index (χ3v) is 3.06. The minimum atomic E-state index is 0.146. The van der Waals surface area contributed by atoms with Crippen molar-refractivity contribution in [2.45, 2.75) is 39.7 Å². The van der Waals surface area contributed by atoms with Gasteiger partial charge in [-0.15, -0.1) is 0 Å². The van der Waals surface area contributed by atoms with E-state index in [0.717, 1.165) is 18.5 Å². The second kappa shape index (κ2) is 6.40. The van der Waals surface area contributed by atoms with Gasteiger partial charge in [-0.05, 0) is 31.9 Å². The fourth-order valence-electron chi connectivity index (χ4n) is 1.53. The molecular formula is C14H22N2O. The van der Waals surface area contributed by atoms with Crippen LogP contribution >= 0.6 is 0 Å². The molecule has 0 heterocycles. The first kappa shape index (κ1) is 13.7. The molecule has 0 radical (unpaired) electrons. The predicted octanol–water partition coefficient (Wildman–Crippen LogP) is 2.54. The number of benzene rings is 1. The lowest BCUT2D eigenvalue weighted by Crippen LogP contribution is -2.27. The number of aryl methyl sites for hydroxylation is 1.